The molecule has 18 heavy (non-hydrogen) atoms. The molecule has 0 spiro atoms. The number of nitrogens with zero attached hydrogens (tertiary/aromatic N) is 1. The van der Waals surface area contributed by atoms with Crippen LogP contribution in [0.5, 0.6) is 0 Å². The molecule has 3 heteroatoms. The highest BCUT2D eigenvalue weighted by Crippen LogP contribution is 2.25. The minimum atomic E-state index is -0.113. The van der Waals surface area contributed by atoms with Gasteiger partial charge < -0.3 is 10.2 Å². The Bertz CT molecular complexity index is 423. The van der Waals surface area contributed by atoms with Crippen LogP contribution in [-0.2, 0) is 0 Å². The third-order valence-corrected chi connectivity index (χ3v) is 3.74. The summed E-state index contributed by atoms with van der Waals surface area (Å²) in [5, 5.41) is 3.55. The second kappa shape index (κ2) is 4.88. The van der Waals surface area contributed by atoms with Crippen LogP contribution in [0.2, 0.25) is 0 Å². The van der Waals surface area contributed by atoms with E-state index in [0.717, 1.165) is 25.3 Å². The van der Waals surface area contributed by atoms with Gasteiger partial charge in [-0.3, -0.25) is 0 Å². The second-order valence-electron chi connectivity index (χ2n) is 6.25. The van der Waals surface area contributed by atoms with Gasteiger partial charge in [0.25, 0.3) is 0 Å². The normalized spacial score (nSPS) is 21.2. The fourth-order valence-electron chi connectivity index (χ4n) is 2.34. The van der Waals surface area contributed by atoms with E-state index in [2.05, 4.69) is 31.0 Å². The summed E-state index contributed by atoms with van der Waals surface area (Å²) in [6.45, 7) is 11.4. The standard InChI is InChI=1S/C15H23FN2/c1-11-5-6-12(9-13(11)16)18-8-7-17-14(10-18)15(2,3)4/h5-6,9,14,17H,7-8,10H2,1-4H3. The predicted octanol–water partition coefficient (Wildman–Crippen LogP) is 2.96. The molecule has 2 rings (SSSR count). The average Bonchev–Trinajstić information content (AvgIpc) is 2.32. The minimum Gasteiger partial charge on any atom is -0.369 e. The molecule has 0 aliphatic carbocycles. The molecule has 0 bridgehead atoms. The van der Waals surface area contributed by atoms with Gasteiger partial charge >= 0.3 is 0 Å². The Morgan fingerprint density at radius 3 is 2.67 bits per heavy atom. The Morgan fingerprint density at radius 2 is 2.06 bits per heavy atom. The van der Waals surface area contributed by atoms with Crippen LogP contribution < -0.4 is 10.2 Å². The van der Waals surface area contributed by atoms with Gasteiger partial charge in [-0.15, -0.1) is 0 Å². The molecule has 1 heterocycles. The SMILES string of the molecule is Cc1ccc(N2CCNC(C(C)(C)C)C2)cc1F. The zero-order valence-electron chi connectivity index (χ0n) is 11.8. The molecule has 1 atom stereocenters. The number of hydrogen-bond donors (Lipinski definition) is 1. The summed E-state index contributed by atoms with van der Waals surface area (Å²) in [6, 6.07) is 5.97. The second-order valence-corrected chi connectivity index (χ2v) is 6.25. The first-order valence-corrected chi connectivity index (χ1v) is 6.62. The maximum atomic E-state index is 13.6. The van der Waals surface area contributed by atoms with Gasteiger partial charge in [0.1, 0.15) is 5.82 Å². The van der Waals surface area contributed by atoms with Gasteiger partial charge in [-0.25, -0.2) is 4.39 Å². The molecule has 1 aromatic rings. The third-order valence-electron chi connectivity index (χ3n) is 3.74. The number of anilines is 1. The van der Waals surface area contributed by atoms with Gasteiger partial charge in [0, 0.05) is 31.4 Å². The quantitative estimate of drug-likeness (QED) is 0.824. The fourth-order valence-corrected chi connectivity index (χ4v) is 2.34. The first-order valence-electron chi connectivity index (χ1n) is 6.62. The zero-order valence-corrected chi connectivity index (χ0v) is 11.8. The predicted molar refractivity (Wildman–Crippen MR) is 74.6 cm³/mol. The van der Waals surface area contributed by atoms with Crippen molar-refractivity contribution in [3.05, 3.63) is 29.6 Å². The van der Waals surface area contributed by atoms with Crippen molar-refractivity contribution < 1.29 is 4.39 Å². The number of hydrogen-bond acceptors (Lipinski definition) is 2. The van der Waals surface area contributed by atoms with Crippen molar-refractivity contribution in [3.8, 4) is 0 Å². The first-order chi connectivity index (χ1) is 8.38. The maximum absolute atomic E-state index is 13.6. The number of benzene rings is 1. The maximum Gasteiger partial charge on any atom is 0.128 e. The molecule has 0 radical (unpaired) electrons. The molecule has 1 aliphatic heterocycles. The van der Waals surface area contributed by atoms with E-state index < -0.39 is 0 Å². The molecule has 0 saturated carbocycles. The lowest BCUT2D eigenvalue weighted by molar-refractivity contribution is 0.254. The van der Waals surface area contributed by atoms with E-state index in [1.807, 2.05) is 12.1 Å². The van der Waals surface area contributed by atoms with E-state index in [1.54, 1.807) is 13.0 Å². The Hall–Kier alpha value is -1.09. The lowest BCUT2D eigenvalue weighted by Gasteiger charge is -2.41. The van der Waals surface area contributed by atoms with E-state index in [1.165, 1.54) is 0 Å². The summed E-state index contributed by atoms with van der Waals surface area (Å²) in [4.78, 5) is 2.27. The van der Waals surface area contributed by atoms with Crippen molar-refractivity contribution in [2.45, 2.75) is 33.7 Å². The molecular formula is C15H23FN2. The lowest BCUT2D eigenvalue weighted by atomic mass is 9.85. The molecule has 1 aromatic carbocycles. The van der Waals surface area contributed by atoms with Crippen LogP contribution in [0.25, 0.3) is 0 Å². The van der Waals surface area contributed by atoms with Crippen LogP contribution in [0.3, 0.4) is 0 Å². The smallest absolute Gasteiger partial charge is 0.128 e. The molecule has 0 amide bonds. The van der Waals surface area contributed by atoms with Crippen molar-refractivity contribution in [3.63, 3.8) is 0 Å². The molecular weight excluding hydrogens is 227 g/mol. The molecule has 1 saturated heterocycles. The van der Waals surface area contributed by atoms with Crippen LogP contribution in [-0.4, -0.2) is 25.7 Å². The topological polar surface area (TPSA) is 15.3 Å². The number of halogens is 1. The summed E-state index contributed by atoms with van der Waals surface area (Å²) in [7, 11) is 0. The van der Waals surface area contributed by atoms with Gasteiger partial charge in [0.05, 0.1) is 0 Å². The number of aryl methyl sites for hydroxylation is 1. The van der Waals surface area contributed by atoms with E-state index >= 15 is 0 Å². The van der Waals surface area contributed by atoms with Crippen molar-refractivity contribution in [1.29, 1.82) is 0 Å². The summed E-state index contributed by atoms with van der Waals surface area (Å²) in [5.41, 5.74) is 1.93. The van der Waals surface area contributed by atoms with Gasteiger partial charge in [-0.05, 0) is 30.0 Å². The number of piperazine rings is 1. The van der Waals surface area contributed by atoms with Crippen LogP contribution in [0.4, 0.5) is 10.1 Å². The highest BCUT2D eigenvalue weighted by atomic mass is 19.1. The van der Waals surface area contributed by atoms with Crippen molar-refractivity contribution >= 4 is 5.69 Å². The third kappa shape index (κ3) is 2.83. The molecule has 1 N–H and O–H groups in total. The summed E-state index contributed by atoms with van der Waals surface area (Å²) >= 11 is 0. The van der Waals surface area contributed by atoms with Crippen LogP contribution in [0, 0.1) is 18.2 Å². The van der Waals surface area contributed by atoms with Gasteiger partial charge in [0.15, 0.2) is 0 Å². The Balaban J connectivity index is 2.15. The number of rotatable bonds is 1. The minimum absolute atomic E-state index is 0.113. The highest BCUT2D eigenvalue weighted by Gasteiger charge is 2.29. The Kier molecular flexibility index (Phi) is 3.62. The van der Waals surface area contributed by atoms with Gasteiger partial charge in [-0.1, -0.05) is 26.8 Å². The number of nitrogens with one attached hydrogen (secondary N) is 1. The van der Waals surface area contributed by atoms with E-state index in [0.29, 0.717) is 11.6 Å². The summed E-state index contributed by atoms with van der Waals surface area (Å²) in [5.74, 6) is -0.113. The molecule has 2 nitrogen and oxygen atoms in total. The van der Waals surface area contributed by atoms with Crippen molar-refractivity contribution in [1.82, 2.24) is 5.32 Å². The van der Waals surface area contributed by atoms with Crippen molar-refractivity contribution in [2.75, 3.05) is 24.5 Å². The monoisotopic (exact) mass is 250 g/mol. The van der Waals surface area contributed by atoms with Crippen molar-refractivity contribution in [2.24, 2.45) is 5.41 Å². The lowest BCUT2D eigenvalue weighted by Crippen LogP contribution is -2.56. The fraction of sp³-hybridized carbons (Fsp3) is 0.600. The Morgan fingerprint density at radius 1 is 1.33 bits per heavy atom. The molecule has 0 aromatic heterocycles. The van der Waals surface area contributed by atoms with E-state index in [-0.39, 0.29) is 11.2 Å². The van der Waals surface area contributed by atoms with Crippen LogP contribution in [0.15, 0.2) is 18.2 Å². The largest absolute Gasteiger partial charge is 0.369 e. The van der Waals surface area contributed by atoms with Gasteiger partial charge in [0.2, 0.25) is 0 Å². The summed E-state index contributed by atoms with van der Waals surface area (Å²) in [6.07, 6.45) is 0. The molecule has 1 aliphatic rings. The highest BCUT2D eigenvalue weighted by molar-refractivity contribution is 5.48. The van der Waals surface area contributed by atoms with Crippen LogP contribution >= 0.6 is 0 Å². The molecule has 100 valence electrons. The van der Waals surface area contributed by atoms with E-state index in [9.17, 15) is 4.39 Å². The van der Waals surface area contributed by atoms with Gasteiger partial charge in [-0.2, -0.15) is 0 Å². The van der Waals surface area contributed by atoms with Crippen LogP contribution in [0.1, 0.15) is 26.3 Å². The molecule has 1 unspecified atom stereocenters. The zero-order chi connectivity index (χ0) is 13.3. The summed E-state index contributed by atoms with van der Waals surface area (Å²) < 4.78 is 13.6. The Labute approximate surface area is 109 Å². The first kappa shape index (κ1) is 13.3. The van der Waals surface area contributed by atoms with E-state index in [4.69, 9.17) is 0 Å². The molecule has 1 fully saturated rings. The average molecular weight is 250 g/mol.